The van der Waals surface area contributed by atoms with Gasteiger partial charge in [0.15, 0.2) is 5.78 Å². The van der Waals surface area contributed by atoms with Gasteiger partial charge in [-0.15, -0.1) is 0 Å². The molecule has 25 heavy (non-hydrogen) atoms. The number of hydrogen-bond donors (Lipinski definition) is 0. The molecule has 126 valence electrons. The molecule has 0 fully saturated rings. The van der Waals surface area contributed by atoms with Crippen molar-refractivity contribution < 1.29 is 18.8 Å². The van der Waals surface area contributed by atoms with Crippen molar-refractivity contribution in [1.82, 2.24) is 9.55 Å². The zero-order valence-corrected chi connectivity index (χ0v) is 13.0. The van der Waals surface area contributed by atoms with E-state index in [4.69, 9.17) is 4.74 Å². The number of aryl methyl sites for hydroxylation is 1. The maximum absolute atomic E-state index is 12.9. The summed E-state index contributed by atoms with van der Waals surface area (Å²) >= 11 is 0. The van der Waals surface area contributed by atoms with Crippen LogP contribution in [0.3, 0.4) is 0 Å². The largest absolute Gasteiger partial charge is 0.434 e. The van der Waals surface area contributed by atoms with Crippen LogP contribution in [0, 0.1) is 15.9 Å². The second-order valence-corrected chi connectivity index (χ2v) is 5.20. The third kappa shape index (κ3) is 3.37. The second kappa shape index (κ2) is 6.52. The molecule has 0 saturated carbocycles. The van der Waals surface area contributed by atoms with Gasteiger partial charge in [0.1, 0.15) is 11.6 Å². The number of nitro groups is 1. The lowest BCUT2D eigenvalue weighted by Crippen LogP contribution is -2.01. The van der Waals surface area contributed by atoms with Gasteiger partial charge in [-0.25, -0.2) is 4.39 Å². The molecule has 1 aromatic heterocycles. The first kappa shape index (κ1) is 16.3. The normalized spacial score (nSPS) is 10.5. The molecule has 3 rings (SSSR count). The molecule has 1 heterocycles. The van der Waals surface area contributed by atoms with Gasteiger partial charge in [-0.1, -0.05) is 0 Å². The highest BCUT2D eigenvalue weighted by molar-refractivity contribution is 6.08. The lowest BCUT2D eigenvalue weighted by molar-refractivity contribution is -0.390. The maximum atomic E-state index is 12.9. The number of rotatable bonds is 5. The SMILES string of the molecule is Cn1cnc([N+](=O)[O-])c1Oc1ccc(C(=O)c2ccc(F)cc2)cc1. The molecule has 0 aliphatic rings. The fourth-order valence-corrected chi connectivity index (χ4v) is 2.20. The lowest BCUT2D eigenvalue weighted by Gasteiger charge is -2.06. The van der Waals surface area contributed by atoms with Crippen LogP contribution in [-0.4, -0.2) is 20.3 Å². The molecule has 0 aliphatic carbocycles. The van der Waals surface area contributed by atoms with Crippen molar-refractivity contribution in [3.05, 3.63) is 81.9 Å². The number of hydrogen-bond acceptors (Lipinski definition) is 5. The number of nitrogens with zero attached hydrogens (tertiary/aromatic N) is 3. The summed E-state index contributed by atoms with van der Waals surface area (Å²) in [6, 6.07) is 11.3. The van der Waals surface area contributed by atoms with Gasteiger partial charge < -0.3 is 14.9 Å². The van der Waals surface area contributed by atoms with Crippen LogP contribution < -0.4 is 4.74 Å². The molecule has 0 atom stereocenters. The van der Waals surface area contributed by atoms with Gasteiger partial charge in [0.2, 0.25) is 6.33 Å². The van der Waals surface area contributed by atoms with E-state index < -0.39 is 16.6 Å². The number of carbonyl (C=O) groups excluding carboxylic acids is 1. The second-order valence-electron chi connectivity index (χ2n) is 5.20. The van der Waals surface area contributed by atoms with Gasteiger partial charge in [0.25, 0.3) is 0 Å². The molecule has 7 nitrogen and oxygen atoms in total. The summed E-state index contributed by atoms with van der Waals surface area (Å²) in [4.78, 5) is 26.3. The number of ketones is 1. The molecular formula is C17H12FN3O4. The fourth-order valence-electron chi connectivity index (χ4n) is 2.20. The summed E-state index contributed by atoms with van der Waals surface area (Å²) in [5, 5.41) is 10.9. The third-order valence-corrected chi connectivity index (χ3v) is 3.48. The molecule has 0 aliphatic heterocycles. The van der Waals surface area contributed by atoms with Crippen LogP contribution >= 0.6 is 0 Å². The minimum absolute atomic E-state index is 0.0115. The van der Waals surface area contributed by atoms with Gasteiger partial charge in [-0.05, 0) is 58.4 Å². The Morgan fingerprint density at radius 2 is 1.68 bits per heavy atom. The Kier molecular flexibility index (Phi) is 4.25. The minimum atomic E-state index is -0.637. The number of imidazole rings is 1. The third-order valence-electron chi connectivity index (χ3n) is 3.48. The lowest BCUT2D eigenvalue weighted by atomic mass is 10.0. The van der Waals surface area contributed by atoms with Gasteiger partial charge in [0.05, 0.1) is 0 Å². The number of halogens is 1. The predicted octanol–water partition coefficient (Wildman–Crippen LogP) is 3.49. The topological polar surface area (TPSA) is 87.3 Å². The summed E-state index contributed by atoms with van der Waals surface area (Å²) in [5.74, 6) is -0.768. The number of ether oxygens (including phenoxy) is 1. The Hall–Kier alpha value is -3.55. The zero-order valence-electron chi connectivity index (χ0n) is 13.0. The van der Waals surface area contributed by atoms with Crippen molar-refractivity contribution >= 4 is 11.6 Å². The van der Waals surface area contributed by atoms with E-state index in [0.29, 0.717) is 16.9 Å². The van der Waals surface area contributed by atoms with Crippen molar-refractivity contribution in [2.75, 3.05) is 0 Å². The van der Waals surface area contributed by atoms with Crippen molar-refractivity contribution in [3.63, 3.8) is 0 Å². The van der Waals surface area contributed by atoms with E-state index in [-0.39, 0.29) is 11.7 Å². The highest BCUT2D eigenvalue weighted by atomic mass is 19.1. The Bertz CT molecular complexity index is 934. The zero-order chi connectivity index (χ0) is 18.0. The molecule has 0 radical (unpaired) electrons. The van der Waals surface area contributed by atoms with Crippen molar-refractivity contribution in [2.24, 2.45) is 7.05 Å². The quantitative estimate of drug-likeness (QED) is 0.403. The van der Waals surface area contributed by atoms with E-state index in [9.17, 15) is 19.3 Å². The summed E-state index contributed by atoms with van der Waals surface area (Å²) in [5.41, 5.74) is 0.746. The first-order valence-electron chi connectivity index (χ1n) is 7.19. The van der Waals surface area contributed by atoms with Crippen molar-refractivity contribution in [3.8, 4) is 11.6 Å². The average molecular weight is 341 g/mol. The smallest absolute Gasteiger partial charge is 0.427 e. The van der Waals surface area contributed by atoms with E-state index in [1.165, 1.54) is 59.4 Å². The molecule has 0 N–H and O–H groups in total. The molecule has 0 bridgehead atoms. The molecule has 0 saturated heterocycles. The van der Waals surface area contributed by atoms with Gasteiger partial charge in [0, 0.05) is 18.2 Å². The molecule has 0 unspecified atom stereocenters. The van der Waals surface area contributed by atoms with E-state index in [1.807, 2.05) is 0 Å². The first-order valence-corrected chi connectivity index (χ1v) is 7.19. The summed E-state index contributed by atoms with van der Waals surface area (Å²) < 4.78 is 19.8. The number of carbonyl (C=O) groups is 1. The monoisotopic (exact) mass is 341 g/mol. The summed E-state index contributed by atoms with van der Waals surface area (Å²) in [6.07, 6.45) is 1.28. The van der Waals surface area contributed by atoms with Crippen molar-refractivity contribution in [1.29, 1.82) is 0 Å². The standard InChI is InChI=1S/C17H12FN3O4/c1-20-10-19-16(21(23)24)17(20)25-14-8-4-12(5-9-14)15(22)11-2-6-13(18)7-3-11/h2-10H,1H3. The first-order chi connectivity index (χ1) is 12.0. The molecular weight excluding hydrogens is 329 g/mol. The molecule has 2 aromatic carbocycles. The summed E-state index contributed by atoms with van der Waals surface area (Å²) in [6.45, 7) is 0. The number of aromatic nitrogens is 2. The fraction of sp³-hybridized carbons (Fsp3) is 0.0588. The highest BCUT2D eigenvalue weighted by Gasteiger charge is 2.22. The van der Waals surface area contributed by atoms with E-state index in [0.717, 1.165) is 0 Å². The van der Waals surface area contributed by atoms with Crippen LogP contribution in [0.1, 0.15) is 15.9 Å². The average Bonchev–Trinajstić information content (AvgIpc) is 2.97. The van der Waals surface area contributed by atoms with E-state index >= 15 is 0 Å². The Balaban J connectivity index is 1.81. The Morgan fingerprint density at radius 3 is 2.24 bits per heavy atom. The predicted molar refractivity (Wildman–Crippen MR) is 86.2 cm³/mol. The Morgan fingerprint density at radius 1 is 1.12 bits per heavy atom. The summed E-state index contributed by atoms with van der Waals surface area (Å²) in [7, 11) is 1.57. The molecule has 3 aromatic rings. The molecule has 8 heteroatoms. The van der Waals surface area contributed by atoms with Crippen LogP contribution in [0.2, 0.25) is 0 Å². The van der Waals surface area contributed by atoms with E-state index in [2.05, 4.69) is 4.98 Å². The van der Waals surface area contributed by atoms with Gasteiger partial charge >= 0.3 is 11.7 Å². The van der Waals surface area contributed by atoms with Crippen molar-refractivity contribution in [2.45, 2.75) is 0 Å². The van der Waals surface area contributed by atoms with Crippen LogP contribution in [0.4, 0.5) is 10.2 Å². The van der Waals surface area contributed by atoms with E-state index in [1.54, 1.807) is 7.05 Å². The van der Waals surface area contributed by atoms with Gasteiger partial charge in [-0.3, -0.25) is 9.36 Å². The minimum Gasteiger partial charge on any atom is -0.434 e. The van der Waals surface area contributed by atoms with Crippen LogP contribution in [0.5, 0.6) is 11.6 Å². The maximum Gasteiger partial charge on any atom is 0.427 e. The van der Waals surface area contributed by atoms with Gasteiger partial charge in [-0.2, -0.15) is 0 Å². The number of benzene rings is 2. The van der Waals surface area contributed by atoms with Crippen LogP contribution in [0.25, 0.3) is 0 Å². The molecule has 0 spiro atoms. The van der Waals surface area contributed by atoms with Crippen LogP contribution in [-0.2, 0) is 7.05 Å². The molecule has 0 amide bonds. The van der Waals surface area contributed by atoms with Crippen LogP contribution in [0.15, 0.2) is 54.9 Å². The highest BCUT2D eigenvalue weighted by Crippen LogP contribution is 2.29. The Labute approximate surface area is 141 Å².